The number of nitrogens with zero attached hydrogens (tertiary/aromatic N) is 4. The molecule has 0 aliphatic carbocycles. The summed E-state index contributed by atoms with van der Waals surface area (Å²) in [7, 11) is 0. The fourth-order valence-electron chi connectivity index (χ4n) is 4.48. The van der Waals surface area contributed by atoms with Crippen LogP contribution in [-0.4, -0.2) is 59.0 Å². The van der Waals surface area contributed by atoms with E-state index in [1.165, 1.54) is 0 Å². The second kappa shape index (κ2) is 8.00. The van der Waals surface area contributed by atoms with E-state index in [4.69, 9.17) is 14.4 Å². The van der Waals surface area contributed by atoms with Crippen LogP contribution >= 0.6 is 0 Å². The summed E-state index contributed by atoms with van der Waals surface area (Å²) >= 11 is 0. The van der Waals surface area contributed by atoms with Crippen LogP contribution in [0.3, 0.4) is 0 Å². The molecule has 0 bridgehead atoms. The number of anilines is 1. The molecule has 7 heteroatoms. The quantitative estimate of drug-likeness (QED) is 0.713. The lowest BCUT2D eigenvalue weighted by atomic mass is 9.91. The van der Waals surface area contributed by atoms with Crippen molar-refractivity contribution in [2.75, 3.05) is 37.7 Å². The molecule has 2 aliphatic rings. The number of aliphatic hydroxyl groups is 1. The van der Waals surface area contributed by atoms with Crippen molar-refractivity contribution in [1.29, 1.82) is 0 Å². The third kappa shape index (κ3) is 3.80. The Bertz CT molecular complexity index is 958. The van der Waals surface area contributed by atoms with Gasteiger partial charge in [-0.3, -0.25) is 4.90 Å². The van der Waals surface area contributed by atoms with Crippen molar-refractivity contribution in [2.24, 2.45) is 5.92 Å². The topological polar surface area (TPSA) is 74.9 Å². The molecule has 2 aromatic heterocycles. The largest absolute Gasteiger partial charge is 0.477 e. The van der Waals surface area contributed by atoms with E-state index in [1.54, 1.807) is 6.20 Å². The number of rotatable bonds is 5. The van der Waals surface area contributed by atoms with E-state index in [1.807, 2.05) is 30.3 Å². The van der Waals surface area contributed by atoms with Gasteiger partial charge in [0.1, 0.15) is 0 Å². The Labute approximate surface area is 169 Å². The van der Waals surface area contributed by atoms with Crippen molar-refractivity contribution in [1.82, 2.24) is 15.0 Å². The van der Waals surface area contributed by atoms with E-state index in [-0.39, 0.29) is 6.61 Å². The first kappa shape index (κ1) is 18.4. The number of aliphatic hydroxyl groups excluding tert-OH is 1. The zero-order valence-corrected chi connectivity index (χ0v) is 16.4. The number of ether oxygens (including phenoxy) is 1. The first-order chi connectivity index (χ1) is 14.3. The summed E-state index contributed by atoms with van der Waals surface area (Å²) in [6.45, 7) is 4.75. The van der Waals surface area contributed by atoms with Crippen LogP contribution in [0.1, 0.15) is 18.4 Å². The Balaban J connectivity index is 1.17. The molecule has 2 aliphatic heterocycles. The summed E-state index contributed by atoms with van der Waals surface area (Å²) in [5.41, 5.74) is 1.65. The Hall–Kier alpha value is -2.64. The predicted molar refractivity (Wildman–Crippen MR) is 110 cm³/mol. The second-order valence-corrected chi connectivity index (χ2v) is 8.01. The Kier molecular flexibility index (Phi) is 5.08. The molecule has 152 valence electrons. The van der Waals surface area contributed by atoms with Gasteiger partial charge in [-0.15, -0.1) is 0 Å². The first-order valence-corrected chi connectivity index (χ1v) is 10.3. The van der Waals surface area contributed by atoms with Gasteiger partial charge in [0.15, 0.2) is 11.4 Å². The Morgan fingerprint density at radius 1 is 1.10 bits per heavy atom. The van der Waals surface area contributed by atoms with Crippen molar-refractivity contribution in [3.63, 3.8) is 0 Å². The zero-order chi connectivity index (χ0) is 19.6. The van der Waals surface area contributed by atoms with Crippen LogP contribution in [0.4, 0.5) is 5.82 Å². The van der Waals surface area contributed by atoms with Crippen LogP contribution in [0.15, 0.2) is 47.1 Å². The lowest BCUT2D eigenvalue weighted by molar-refractivity contribution is 0.0716. The van der Waals surface area contributed by atoms with E-state index in [2.05, 4.69) is 26.0 Å². The highest BCUT2D eigenvalue weighted by Crippen LogP contribution is 2.31. The lowest BCUT2D eigenvalue weighted by Crippen LogP contribution is -2.57. The number of para-hydroxylation sites is 1. The average molecular weight is 394 g/mol. The fourth-order valence-corrected chi connectivity index (χ4v) is 4.48. The average Bonchev–Trinajstić information content (AvgIpc) is 3.22. The number of hydrogen-bond donors (Lipinski definition) is 1. The van der Waals surface area contributed by atoms with Crippen LogP contribution in [0.25, 0.3) is 11.0 Å². The molecular formula is C22H26N4O3. The molecule has 2 saturated heterocycles. The molecule has 0 amide bonds. The summed E-state index contributed by atoms with van der Waals surface area (Å²) in [6.07, 6.45) is 3.99. The number of benzene rings is 1. The van der Waals surface area contributed by atoms with Crippen molar-refractivity contribution in [3.05, 3.63) is 48.2 Å². The zero-order valence-electron chi connectivity index (χ0n) is 16.4. The molecular weight excluding hydrogens is 368 g/mol. The van der Waals surface area contributed by atoms with Gasteiger partial charge in [-0.25, -0.2) is 4.98 Å². The lowest BCUT2D eigenvalue weighted by Gasteiger charge is -2.46. The van der Waals surface area contributed by atoms with Crippen LogP contribution in [0.5, 0.6) is 5.88 Å². The number of fused-ring (bicyclic) bond motifs is 2. The molecule has 2 fully saturated rings. The van der Waals surface area contributed by atoms with Crippen molar-refractivity contribution >= 4 is 16.8 Å². The molecule has 0 radical (unpaired) electrons. The van der Waals surface area contributed by atoms with Gasteiger partial charge in [0.25, 0.3) is 0 Å². The van der Waals surface area contributed by atoms with Crippen molar-refractivity contribution in [3.8, 4) is 5.88 Å². The SMILES string of the molecule is OCc1ccc(OCC2CCC3CN(c4noc5ccccc45)CCN3C2)nc1. The predicted octanol–water partition coefficient (Wildman–Crippen LogP) is 2.69. The minimum atomic E-state index is 0.00735. The maximum absolute atomic E-state index is 9.10. The van der Waals surface area contributed by atoms with Crippen molar-refractivity contribution in [2.45, 2.75) is 25.5 Å². The van der Waals surface area contributed by atoms with Crippen LogP contribution < -0.4 is 9.64 Å². The first-order valence-electron chi connectivity index (χ1n) is 10.3. The van der Waals surface area contributed by atoms with E-state index in [0.29, 0.717) is 24.4 Å². The van der Waals surface area contributed by atoms with E-state index in [9.17, 15) is 0 Å². The summed E-state index contributed by atoms with van der Waals surface area (Å²) in [5.74, 6) is 2.13. The van der Waals surface area contributed by atoms with Crippen LogP contribution in [0.2, 0.25) is 0 Å². The van der Waals surface area contributed by atoms with Crippen molar-refractivity contribution < 1.29 is 14.4 Å². The standard InChI is InChI=1S/C22H26N4O3/c27-14-16-6-8-21(23-11-16)28-15-17-5-7-18-13-26(10-9-25(18)12-17)22-19-3-1-2-4-20(19)29-24-22/h1-4,6,8,11,17-18,27H,5,7,9-10,12-15H2. The molecule has 2 unspecified atom stereocenters. The minimum Gasteiger partial charge on any atom is -0.477 e. The molecule has 29 heavy (non-hydrogen) atoms. The van der Waals surface area contributed by atoms with Gasteiger partial charge in [-0.2, -0.15) is 0 Å². The summed E-state index contributed by atoms with van der Waals surface area (Å²) < 4.78 is 11.4. The highest BCUT2D eigenvalue weighted by atomic mass is 16.5. The van der Waals surface area contributed by atoms with Gasteiger partial charge in [0.05, 0.1) is 18.6 Å². The molecule has 1 aromatic carbocycles. The summed E-state index contributed by atoms with van der Waals surface area (Å²) in [5, 5.41) is 14.5. The molecule has 0 saturated carbocycles. The molecule has 7 nitrogen and oxygen atoms in total. The minimum absolute atomic E-state index is 0.00735. The molecule has 2 atom stereocenters. The van der Waals surface area contributed by atoms with E-state index >= 15 is 0 Å². The van der Waals surface area contributed by atoms with E-state index < -0.39 is 0 Å². The highest BCUT2D eigenvalue weighted by molar-refractivity contribution is 5.88. The number of pyridine rings is 1. The monoisotopic (exact) mass is 394 g/mol. The third-order valence-corrected chi connectivity index (χ3v) is 6.11. The number of piperazine rings is 1. The molecule has 4 heterocycles. The fraction of sp³-hybridized carbons (Fsp3) is 0.455. The molecule has 0 spiro atoms. The smallest absolute Gasteiger partial charge is 0.213 e. The number of hydrogen-bond acceptors (Lipinski definition) is 7. The van der Waals surface area contributed by atoms with Gasteiger partial charge in [0.2, 0.25) is 5.88 Å². The van der Waals surface area contributed by atoms with E-state index in [0.717, 1.165) is 61.4 Å². The molecule has 5 rings (SSSR count). The molecule has 1 N–H and O–H groups in total. The maximum Gasteiger partial charge on any atom is 0.213 e. The third-order valence-electron chi connectivity index (χ3n) is 6.11. The van der Waals surface area contributed by atoms with Gasteiger partial charge in [-0.05, 0) is 36.6 Å². The second-order valence-electron chi connectivity index (χ2n) is 8.01. The Morgan fingerprint density at radius 3 is 2.90 bits per heavy atom. The molecule has 3 aromatic rings. The Morgan fingerprint density at radius 2 is 2.03 bits per heavy atom. The summed E-state index contributed by atoms with van der Waals surface area (Å²) in [6, 6.07) is 12.3. The van der Waals surface area contributed by atoms with Crippen LogP contribution in [-0.2, 0) is 6.61 Å². The van der Waals surface area contributed by atoms with Gasteiger partial charge >= 0.3 is 0 Å². The normalized spacial score (nSPS) is 22.6. The highest BCUT2D eigenvalue weighted by Gasteiger charge is 2.34. The maximum atomic E-state index is 9.10. The van der Waals surface area contributed by atoms with Gasteiger partial charge in [0, 0.05) is 50.4 Å². The van der Waals surface area contributed by atoms with Gasteiger partial charge < -0.3 is 19.3 Å². The number of aromatic nitrogens is 2. The number of piperidine rings is 1. The van der Waals surface area contributed by atoms with Gasteiger partial charge in [-0.1, -0.05) is 17.3 Å². The summed E-state index contributed by atoms with van der Waals surface area (Å²) in [4.78, 5) is 9.23. The van der Waals surface area contributed by atoms with Crippen LogP contribution in [0, 0.1) is 5.92 Å².